The number of ether oxygens (including phenoxy) is 1. The topological polar surface area (TPSA) is 84.6 Å². The number of rotatable bonds is 2. The van der Waals surface area contributed by atoms with Crippen LogP contribution in [0.2, 0.25) is 0 Å². The normalized spacial score (nSPS) is 23.1. The molecule has 0 radical (unpaired) electrons. The number of anilines is 1. The van der Waals surface area contributed by atoms with E-state index in [0.717, 1.165) is 11.1 Å². The molecule has 98 valence electrons. The van der Waals surface area contributed by atoms with Gasteiger partial charge in [-0.1, -0.05) is 6.07 Å². The lowest BCUT2D eigenvalue weighted by atomic mass is 9.99. The molecule has 18 heavy (non-hydrogen) atoms. The van der Waals surface area contributed by atoms with Crippen LogP contribution in [-0.2, 0) is 9.53 Å². The van der Waals surface area contributed by atoms with E-state index in [0.29, 0.717) is 18.7 Å². The van der Waals surface area contributed by atoms with E-state index in [-0.39, 0.29) is 18.3 Å². The molecule has 1 amide bonds. The van der Waals surface area contributed by atoms with Gasteiger partial charge in [-0.2, -0.15) is 0 Å². The Hall–Kier alpha value is -1.59. The number of hydrogen-bond donors (Lipinski definition) is 3. The summed E-state index contributed by atoms with van der Waals surface area (Å²) in [6.07, 6.45) is 0.490. The van der Waals surface area contributed by atoms with Crippen LogP contribution < -0.4 is 11.1 Å². The highest BCUT2D eigenvalue weighted by Crippen LogP contribution is 2.29. The van der Waals surface area contributed by atoms with Gasteiger partial charge in [-0.15, -0.1) is 0 Å². The highest BCUT2D eigenvalue weighted by molar-refractivity contribution is 5.99. The van der Waals surface area contributed by atoms with Crippen molar-refractivity contribution >= 4 is 11.6 Å². The largest absolute Gasteiger partial charge is 0.505 e. The van der Waals surface area contributed by atoms with Crippen LogP contribution in [0.3, 0.4) is 0 Å². The Morgan fingerprint density at radius 2 is 2.22 bits per heavy atom. The van der Waals surface area contributed by atoms with E-state index in [9.17, 15) is 9.90 Å². The van der Waals surface area contributed by atoms with E-state index in [4.69, 9.17) is 10.5 Å². The van der Waals surface area contributed by atoms with Gasteiger partial charge in [-0.05, 0) is 37.5 Å². The van der Waals surface area contributed by atoms with Gasteiger partial charge in [0.05, 0.1) is 12.3 Å². The van der Waals surface area contributed by atoms with E-state index in [2.05, 4.69) is 5.32 Å². The molecule has 5 nitrogen and oxygen atoms in total. The van der Waals surface area contributed by atoms with E-state index >= 15 is 0 Å². The van der Waals surface area contributed by atoms with E-state index in [1.807, 2.05) is 13.0 Å². The number of benzene rings is 1. The maximum absolute atomic E-state index is 12.1. The SMILES string of the molecule is Cc1cc(C)c(O)c(NC(=O)C2(N)CCOC2)c1. The fraction of sp³-hybridized carbons (Fsp3) is 0.462. The van der Waals surface area contributed by atoms with Crippen molar-refractivity contribution in [2.75, 3.05) is 18.5 Å². The minimum absolute atomic E-state index is 0.0801. The Morgan fingerprint density at radius 1 is 1.50 bits per heavy atom. The summed E-state index contributed by atoms with van der Waals surface area (Å²) in [5, 5.41) is 12.6. The highest BCUT2D eigenvalue weighted by atomic mass is 16.5. The molecule has 2 rings (SSSR count). The number of phenols is 1. The van der Waals surface area contributed by atoms with Crippen LogP contribution in [-0.4, -0.2) is 29.8 Å². The predicted octanol–water partition coefficient (Wildman–Crippen LogP) is 1.07. The molecule has 0 aromatic heterocycles. The van der Waals surface area contributed by atoms with Crippen LogP contribution in [0, 0.1) is 13.8 Å². The molecule has 0 saturated carbocycles. The summed E-state index contributed by atoms with van der Waals surface area (Å²) in [5.74, 6) is -0.239. The minimum atomic E-state index is -0.996. The Bertz CT molecular complexity index is 479. The second-order valence-electron chi connectivity index (χ2n) is 4.89. The number of phenolic OH excluding ortho intramolecular Hbond substituents is 1. The van der Waals surface area contributed by atoms with Crippen molar-refractivity contribution in [1.29, 1.82) is 0 Å². The van der Waals surface area contributed by atoms with Gasteiger partial charge in [0.25, 0.3) is 0 Å². The van der Waals surface area contributed by atoms with Gasteiger partial charge < -0.3 is 20.9 Å². The van der Waals surface area contributed by atoms with Crippen LogP contribution in [0.4, 0.5) is 5.69 Å². The van der Waals surface area contributed by atoms with E-state index in [1.54, 1.807) is 13.0 Å². The first-order valence-corrected chi connectivity index (χ1v) is 5.91. The number of carbonyl (C=O) groups excluding carboxylic acids is 1. The number of aryl methyl sites for hydroxylation is 2. The molecular formula is C13H18N2O3. The molecule has 4 N–H and O–H groups in total. The molecule has 1 aliphatic rings. The molecule has 1 unspecified atom stereocenters. The number of carbonyl (C=O) groups is 1. The first-order valence-electron chi connectivity index (χ1n) is 5.91. The van der Waals surface area contributed by atoms with Crippen molar-refractivity contribution in [2.45, 2.75) is 25.8 Å². The number of hydrogen-bond acceptors (Lipinski definition) is 4. The molecule has 1 aromatic carbocycles. The van der Waals surface area contributed by atoms with Crippen molar-refractivity contribution in [3.8, 4) is 5.75 Å². The Kier molecular flexibility index (Phi) is 3.28. The number of amides is 1. The molecule has 0 aliphatic carbocycles. The van der Waals surface area contributed by atoms with Crippen LogP contribution in [0.25, 0.3) is 0 Å². The summed E-state index contributed by atoms with van der Waals surface area (Å²) in [6.45, 7) is 4.39. The molecule has 1 saturated heterocycles. The third-order valence-electron chi connectivity index (χ3n) is 3.20. The van der Waals surface area contributed by atoms with Gasteiger partial charge in [0.2, 0.25) is 5.91 Å². The Labute approximate surface area is 106 Å². The van der Waals surface area contributed by atoms with Gasteiger partial charge in [-0.3, -0.25) is 4.79 Å². The smallest absolute Gasteiger partial charge is 0.247 e. The molecule has 0 bridgehead atoms. The van der Waals surface area contributed by atoms with Crippen LogP contribution in [0.1, 0.15) is 17.5 Å². The molecule has 1 atom stereocenters. The van der Waals surface area contributed by atoms with Gasteiger partial charge >= 0.3 is 0 Å². The summed E-state index contributed by atoms with van der Waals surface area (Å²) in [4.78, 5) is 12.1. The second kappa shape index (κ2) is 4.59. The van der Waals surface area contributed by atoms with Gasteiger partial charge in [-0.25, -0.2) is 0 Å². The standard InChI is InChI=1S/C13H18N2O3/c1-8-5-9(2)11(16)10(6-8)15-12(17)13(14)3-4-18-7-13/h5-6,16H,3-4,7,14H2,1-2H3,(H,15,17). The monoisotopic (exact) mass is 250 g/mol. The summed E-state index contributed by atoms with van der Waals surface area (Å²) in [6, 6.07) is 3.57. The predicted molar refractivity (Wildman–Crippen MR) is 68.6 cm³/mol. The molecule has 1 aliphatic heterocycles. The first kappa shape index (κ1) is 12.9. The zero-order valence-electron chi connectivity index (χ0n) is 10.6. The summed E-state index contributed by atoms with van der Waals surface area (Å²) >= 11 is 0. The zero-order chi connectivity index (χ0) is 13.3. The van der Waals surface area contributed by atoms with Crippen molar-refractivity contribution in [3.63, 3.8) is 0 Å². The third kappa shape index (κ3) is 2.32. The molecule has 5 heteroatoms. The first-order chi connectivity index (χ1) is 8.42. The van der Waals surface area contributed by atoms with Crippen molar-refractivity contribution < 1.29 is 14.6 Å². The Morgan fingerprint density at radius 3 is 2.83 bits per heavy atom. The lowest BCUT2D eigenvalue weighted by Crippen LogP contribution is -2.51. The molecular weight excluding hydrogens is 232 g/mol. The van der Waals surface area contributed by atoms with Crippen LogP contribution >= 0.6 is 0 Å². The maximum Gasteiger partial charge on any atom is 0.247 e. The van der Waals surface area contributed by atoms with Crippen LogP contribution in [0.5, 0.6) is 5.75 Å². The average molecular weight is 250 g/mol. The number of nitrogens with one attached hydrogen (secondary N) is 1. The average Bonchev–Trinajstić information content (AvgIpc) is 2.73. The molecule has 0 spiro atoms. The van der Waals surface area contributed by atoms with E-state index in [1.165, 1.54) is 0 Å². The lowest BCUT2D eigenvalue weighted by molar-refractivity contribution is -0.121. The highest BCUT2D eigenvalue weighted by Gasteiger charge is 2.38. The molecule has 1 fully saturated rings. The minimum Gasteiger partial charge on any atom is -0.505 e. The van der Waals surface area contributed by atoms with Crippen molar-refractivity contribution in [3.05, 3.63) is 23.3 Å². The van der Waals surface area contributed by atoms with Crippen molar-refractivity contribution in [1.82, 2.24) is 0 Å². The van der Waals surface area contributed by atoms with Crippen molar-refractivity contribution in [2.24, 2.45) is 5.73 Å². The van der Waals surface area contributed by atoms with Gasteiger partial charge in [0, 0.05) is 6.61 Å². The fourth-order valence-electron chi connectivity index (χ4n) is 2.06. The summed E-state index contributed by atoms with van der Waals surface area (Å²) in [5.41, 5.74) is 7.05. The molecule has 1 aromatic rings. The third-order valence-corrected chi connectivity index (χ3v) is 3.20. The van der Waals surface area contributed by atoms with Crippen LogP contribution in [0.15, 0.2) is 12.1 Å². The Balaban J connectivity index is 2.21. The lowest BCUT2D eigenvalue weighted by Gasteiger charge is -2.21. The quantitative estimate of drug-likeness (QED) is 0.685. The number of nitrogens with two attached hydrogens (primary N) is 1. The second-order valence-corrected chi connectivity index (χ2v) is 4.89. The molecule has 1 heterocycles. The van der Waals surface area contributed by atoms with Gasteiger partial charge in [0.1, 0.15) is 11.3 Å². The fourth-order valence-corrected chi connectivity index (χ4v) is 2.06. The maximum atomic E-state index is 12.1. The summed E-state index contributed by atoms with van der Waals surface area (Å²) < 4.78 is 5.15. The zero-order valence-corrected chi connectivity index (χ0v) is 10.6. The number of aromatic hydroxyl groups is 1. The summed E-state index contributed by atoms with van der Waals surface area (Å²) in [7, 11) is 0. The van der Waals surface area contributed by atoms with Gasteiger partial charge in [0.15, 0.2) is 0 Å². The van der Waals surface area contributed by atoms with E-state index < -0.39 is 5.54 Å².